The molecular weight excluding hydrogens is 400 g/mol. The molecule has 0 saturated carbocycles. The van der Waals surface area contributed by atoms with Crippen molar-refractivity contribution in [2.24, 2.45) is 0 Å². The van der Waals surface area contributed by atoms with Gasteiger partial charge in [0.15, 0.2) is 0 Å². The predicted molar refractivity (Wildman–Crippen MR) is 125 cm³/mol. The van der Waals surface area contributed by atoms with Crippen LogP contribution in [0.2, 0.25) is 0 Å². The number of benzene rings is 2. The van der Waals surface area contributed by atoms with E-state index in [9.17, 15) is 9.59 Å². The molecular formula is C26H30N4O2. The number of hydrogen-bond acceptors (Lipinski definition) is 3. The molecule has 0 atom stereocenters. The molecule has 2 aromatic carbocycles. The highest BCUT2D eigenvalue weighted by Gasteiger charge is 2.28. The summed E-state index contributed by atoms with van der Waals surface area (Å²) in [5.74, 6) is 0.177. The third-order valence-corrected chi connectivity index (χ3v) is 6.12. The second-order valence-electron chi connectivity index (χ2n) is 8.31. The van der Waals surface area contributed by atoms with Gasteiger partial charge in [-0.1, -0.05) is 48.5 Å². The van der Waals surface area contributed by atoms with Crippen LogP contribution in [0.1, 0.15) is 40.2 Å². The van der Waals surface area contributed by atoms with Crippen LogP contribution < -0.4 is 0 Å². The molecule has 0 radical (unpaired) electrons. The van der Waals surface area contributed by atoms with Gasteiger partial charge in [0.25, 0.3) is 5.91 Å². The van der Waals surface area contributed by atoms with E-state index in [0.717, 1.165) is 29.9 Å². The number of piperazine rings is 1. The summed E-state index contributed by atoms with van der Waals surface area (Å²) >= 11 is 0. The Balaban J connectivity index is 1.33. The topological polar surface area (TPSA) is 58.4 Å². The maximum absolute atomic E-state index is 13.3. The Morgan fingerprint density at radius 3 is 2.09 bits per heavy atom. The molecule has 4 rings (SSSR count). The normalized spacial score (nSPS) is 13.9. The molecule has 6 heteroatoms. The number of carbonyl (C=O) groups excluding carboxylic acids is 2. The summed E-state index contributed by atoms with van der Waals surface area (Å²) in [4.78, 5) is 29.6. The average molecular weight is 431 g/mol. The first-order valence-electron chi connectivity index (χ1n) is 11.3. The molecule has 0 spiro atoms. The van der Waals surface area contributed by atoms with Gasteiger partial charge in [-0.2, -0.15) is 5.10 Å². The lowest BCUT2D eigenvalue weighted by Crippen LogP contribution is -2.50. The molecule has 6 nitrogen and oxygen atoms in total. The highest BCUT2D eigenvalue weighted by atomic mass is 16.2. The summed E-state index contributed by atoms with van der Waals surface area (Å²) in [7, 11) is 0. The minimum absolute atomic E-state index is 0.00152. The van der Waals surface area contributed by atoms with Crippen LogP contribution in [-0.2, 0) is 11.2 Å². The van der Waals surface area contributed by atoms with E-state index in [2.05, 4.69) is 17.2 Å². The molecule has 1 aliphatic rings. The molecule has 0 aliphatic carbocycles. The number of carbonyl (C=O) groups is 2. The third-order valence-electron chi connectivity index (χ3n) is 6.12. The van der Waals surface area contributed by atoms with E-state index in [1.807, 2.05) is 76.9 Å². The van der Waals surface area contributed by atoms with E-state index >= 15 is 0 Å². The van der Waals surface area contributed by atoms with Gasteiger partial charge in [0.1, 0.15) is 0 Å². The summed E-state index contributed by atoms with van der Waals surface area (Å²) in [5.41, 5.74) is 4.45. The average Bonchev–Trinajstić information content (AvgIpc) is 3.13. The number of aryl methyl sites for hydroxylation is 2. The first kappa shape index (κ1) is 21.8. The highest BCUT2D eigenvalue weighted by molar-refractivity contribution is 5.96. The molecule has 1 aromatic heterocycles. The number of hydrogen-bond donors (Lipinski definition) is 0. The fourth-order valence-corrected chi connectivity index (χ4v) is 4.34. The van der Waals surface area contributed by atoms with E-state index in [-0.39, 0.29) is 11.8 Å². The number of rotatable bonds is 6. The summed E-state index contributed by atoms with van der Waals surface area (Å²) in [6.07, 6.45) is 2.30. The summed E-state index contributed by atoms with van der Waals surface area (Å²) < 4.78 is 1.83. The zero-order valence-electron chi connectivity index (χ0n) is 18.8. The van der Waals surface area contributed by atoms with Crippen molar-refractivity contribution in [2.75, 3.05) is 26.2 Å². The summed E-state index contributed by atoms with van der Waals surface area (Å²) in [6, 6.07) is 20.1. The Hall–Kier alpha value is -3.41. The van der Waals surface area contributed by atoms with Gasteiger partial charge in [-0.05, 0) is 44.4 Å². The SMILES string of the molecule is Cc1nn(-c2ccccc2)c(C)c1C(=O)N1CCN(C(=O)CCCc2ccccc2)CC1. The van der Waals surface area contributed by atoms with Crippen molar-refractivity contribution in [1.82, 2.24) is 19.6 Å². The van der Waals surface area contributed by atoms with E-state index in [0.29, 0.717) is 38.2 Å². The molecule has 1 fully saturated rings. The van der Waals surface area contributed by atoms with Crippen LogP contribution >= 0.6 is 0 Å². The standard InChI is InChI=1S/C26H30N4O2/c1-20-25(21(2)30(27-20)23-13-7-4-8-14-23)26(32)29-18-16-28(17-19-29)24(31)15-9-12-22-10-5-3-6-11-22/h3-8,10-11,13-14H,9,12,15-19H2,1-2H3. The molecule has 3 aromatic rings. The number of nitrogens with zero attached hydrogens (tertiary/aromatic N) is 4. The zero-order chi connectivity index (χ0) is 22.5. The Morgan fingerprint density at radius 1 is 0.844 bits per heavy atom. The van der Waals surface area contributed by atoms with Gasteiger partial charge < -0.3 is 9.80 Å². The van der Waals surface area contributed by atoms with Crippen molar-refractivity contribution in [3.05, 3.63) is 83.2 Å². The van der Waals surface area contributed by atoms with E-state index in [1.54, 1.807) is 0 Å². The van der Waals surface area contributed by atoms with Crippen LogP contribution in [-0.4, -0.2) is 57.6 Å². The molecule has 2 amide bonds. The molecule has 2 heterocycles. The lowest BCUT2D eigenvalue weighted by Gasteiger charge is -2.35. The Morgan fingerprint density at radius 2 is 1.44 bits per heavy atom. The lowest BCUT2D eigenvalue weighted by atomic mass is 10.1. The fraction of sp³-hybridized carbons (Fsp3) is 0.346. The molecule has 1 aliphatic heterocycles. The van der Waals surface area contributed by atoms with E-state index < -0.39 is 0 Å². The van der Waals surface area contributed by atoms with Crippen molar-refractivity contribution in [3.63, 3.8) is 0 Å². The lowest BCUT2D eigenvalue weighted by molar-refractivity contribution is -0.132. The zero-order valence-corrected chi connectivity index (χ0v) is 18.8. The Kier molecular flexibility index (Phi) is 6.69. The summed E-state index contributed by atoms with van der Waals surface area (Å²) in [5, 5.41) is 4.60. The van der Waals surface area contributed by atoms with Crippen molar-refractivity contribution >= 4 is 11.8 Å². The molecule has 0 unspecified atom stereocenters. The largest absolute Gasteiger partial charge is 0.339 e. The highest BCUT2D eigenvalue weighted by Crippen LogP contribution is 2.20. The first-order chi connectivity index (χ1) is 15.5. The molecule has 166 valence electrons. The minimum atomic E-state index is -0.00152. The monoisotopic (exact) mass is 430 g/mol. The van der Waals surface area contributed by atoms with Crippen molar-refractivity contribution in [1.29, 1.82) is 0 Å². The minimum Gasteiger partial charge on any atom is -0.339 e. The number of aromatic nitrogens is 2. The third kappa shape index (κ3) is 4.74. The van der Waals surface area contributed by atoms with Gasteiger partial charge >= 0.3 is 0 Å². The van der Waals surface area contributed by atoms with Gasteiger partial charge in [0, 0.05) is 32.6 Å². The first-order valence-corrected chi connectivity index (χ1v) is 11.3. The van der Waals surface area contributed by atoms with Gasteiger partial charge in [-0.25, -0.2) is 4.68 Å². The predicted octanol–water partition coefficient (Wildman–Crippen LogP) is 3.80. The second-order valence-corrected chi connectivity index (χ2v) is 8.31. The maximum Gasteiger partial charge on any atom is 0.257 e. The number of amides is 2. The van der Waals surface area contributed by atoms with Crippen molar-refractivity contribution in [2.45, 2.75) is 33.1 Å². The van der Waals surface area contributed by atoms with Gasteiger partial charge in [-0.15, -0.1) is 0 Å². The Bertz CT molecular complexity index is 1070. The van der Waals surface area contributed by atoms with Crippen LogP contribution in [0.5, 0.6) is 0 Å². The van der Waals surface area contributed by atoms with Crippen LogP contribution in [0.25, 0.3) is 5.69 Å². The smallest absolute Gasteiger partial charge is 0.257 e. The van der Waals surface area contributed by atoms with Gasteiger partial charge in [-0.3, -0.25) is 9.59 Å². The molecule has 32 heavy (non-hydrogen) atoms. The summed E-state index contributed by atoms with van der Waals surface area (Å²) in [6.45, 7) is 6.10. The quantitative estimate of drug-likeness (QED) is 0.598. The van der Waals surface area contributed by atoms with Crippen LogP contribution in [0.15, 0.2) is 60.7 Å². The van der Waals surface area contributed by atoms with Gasteiger partial charge in [0.05, 0.1) is 22.6 Å². The molecule has 0 N–H and O–H groups in total. The Labute approximate surface area is 189 Å². The van der Waals surface area contributed by atoms with E-state index in [4.69, 9.17) is 0 Å². The number of para-hydroxylation sites is 1. The fourth-order valence-electron chi connectivity index (χ4n) is 4.34. The van der Waals surface area contributed by atoms with Crippen molar-refractivity contribution in [3.8, 4) is 5.69 Å². The van der Waals surface area contributed by atoms with Crippen LogP contribution in [0, 0.1) is 13.8 Å². The maximum atomic E-state index is 13.3. The second kappa shape index (κ2) is 9.81. The van der Waals surface area contributed by atoms with Crippen LogP contribution in [0.3, 0.4) is 0 Å². The van der Waals surface area contributed by atoms with Crippen LogP contribution in [0.4, 0.5) is 0 Å². The van der Waals surface area contributed by atoms with E-state index in [1.165, 1.54) is 5.56 Å². The van der Waals surface area contributed by atoms with Gasteiger partial charge in [0.2, 0.25) is 5.91 Å². The molecule has 1 saturated heterocycles. The van der Waals surface area contributed by atoms with Crippen molar-refractivity contribution < 1.29 is 9.59 Å². The molecule has 0 bridgehead atoms.